The van der Waals surface area contributed by atoms with Gasteiger partial charge in [0.25, 0.3) is 0 Å². The van der Waals surface area contributed by atoms with Crippen molar-refractivity contribution in [1.29, 1.82) is 0 Å². The highest BCUT2D eigenvalue weighted by molar-refractivity contribution is 7.09. The number of pyridine rings is 1. The number of aromatic nitrogens is 2. The molecule has 0 aliphatic carbocycles. The first-order valence-corrected chi connectivity index (χ1v) is 6.94. The zero-order chi connectivity index (χ0) is 12.4. The number of rotatable bonds is 3. The summed E-state index contributed by atoms with van der Waals surface area (Å²) in [6, 6.07) is 12.5. The van der Waals surface area contributed by atoms with Crippen molar-refractivity contribution in [3.8, 4) is 0 Å². The summed E-state index contributed by atoms with van der Waals surface area (Å²) >= 11 is 1.72. The van der Waals surface area contributed by atoms with E-state index in [-0.39, 0.29) is 0 Å². The average molecular weight is 254 g/mol. The zero-order valence-corrected chi connectivity index (χ0v) is 11.0. The van der Waals surface area contributed by atoms with Gasteiger partial charge in [0.2, 0.25) is 0 Å². The Morgan fingerprint density at radius 3 is 2.89 bits per heavy atom. The first-order valence-electron chi connectivity index (χ1n) is 6.06. The second kappa shape index (κ2) is 4.86. The molecule has 2 heterocycles. The highest BCUT2D eigenvalue weighted by Gasteiger charge is 2.09. The summed E-state index contributed by atoms with van der Waals surface area (Å²) in [5, 5.41) is 1.20. The molecule has 0 fully saturated rings. The lowest BCUT2D eigenvalue weighted by molar-refractivity contribution is 0.756. The lowest BCUT2D eigenvalue weighted by Crippen LogP contribution is -1.98. The molecule has 3 heteroatoms. The van der Waals surface area contributed by atoms with E-state index in [4.69, 9.17) is 4.98 Å². The van der Waals surface area contributed by atoms with Gasteiger partial charge in [-0.1, -0.05) is 31.2 Å². The Morgan fingerprint density at radius 1 is 1.17 bits per heavy atom. The van der Waals surface area contributed by atoms with Gasteiger partial charge in [-0.05, 0) is 24.5 Å². The molecule has 2 aromatic heterocycles. The van der Waals surface area contributed by atoms with Crippen LogP contribution in [-0.2, 0) is 6.42 Å². The van der Waals surface area contributed by atoms with Gasteiger partial charge in [0.05, 0.1) is 11.0 Å². The number of hydrogen-bond acceptors (Lipinski definition) is 3. The van der Waals surface area contributed by atoms with Crippen LogP contribution in [0.1, 0.15) is 23.4 Å². The maximum absolute atomic E-state index is 4.71. The van der Waals surface area contributed by atoms with Crippen LogP contribution in [0.25, 0.3) is 10.9 Å². The molecule has 3 rings (SSSR count). The molecule has 1 atom stereocenters. The minimum atomic E-state index is 0.478. The van der Waals surface area contributed by atoms with Crippen LogP contribution in [-0.4, -0.2) is 9.97 Å². The molecular formula is C15H14N2S. The number of para-hydroxylation sites is 1. The lowest BCUT2D eigenvalue weighted by Gasteiger charge is -2.08. The average Bonchev–Trinajstić information content (AvgIpc) is 2.92. The van der Waals surface area contributed by atoms with Gasteiger partial charge in [0.1, 0.15) is 0 Å². The van der Waals surface area contributed by atoms with Gasteiger partial charge in [-0.3, -0.25) is 9.97 Å². The van der Waals surface area contributed by atoms with Crippen molar-refractivity contribution in [2.45, 2.75) is 19.3 Å². The molecule has 3 aromatic rings. The summed E-state index contributed by atoms with van der Waals surface area (Å²) in [5.74, 6) is 0.478. The van der Waals surface area contributed by atoms with Crippen LogP contribution in [0.4, 0.5) is 0 Å². The molecule has 2 nitrogen and oxygen atoms in total. The molecule has 0 amide bonds. The summed E-state index contributed by atoms with van der Waals surface area (Å²) in [4.78, 5) is 10.2. The summed E-state index contributed by atoms with van der Waals surface area (Å²) in [6.07, 6.45) is 2.92. The molecule has 0 bridgehead atoms. The van der Waals surface area contributed by atoms with Crippen LogP contribution in [0.15, 0.2) is 48.1 Å². The largest absolute Gasteiger partial charge is 0.253 e. The first kappa shape index (κ1) is 11.4. The van der Waals surface area contributed by atoms with E-state index in [9.17, 15) is 0 Å². The maximum Gasteiger partial charge on any atom is 0.0794 e. The molecule has 1 unspecified atom stereocenters. The van der Waals surface area contributed by atoms with Gasteiger partial charge in [-0.25, -0.2) is 0 Å². The van der Waals surface area contributed by atoms with Gasteiger partial charge < -0.3 is 0 Å². The molecule has 0 N–H and O–H groups in total. The summed E-state index contributed by atoms with van der Waals surface area (Å²) in [7, 11) is 0. The highest BCUT2D eigenvalue weighted by atomic mass is 32.1. The molecule has 18 heavy (non-hydrogen) atoms. The number of benzene rings is 1. The minimum absolute atomic E-state index is 0.478. The molecule has 0 aliphatic rings. The Hall–Kier alpha value is -1.74. The van der Waals surface area contributed by atoms with E-state index in [1.165, 1.54) is 10.3 Å². The number of fused-ring (bicyclic) bond motifs is 1. The van der Waals surface area contributed by atoms with E-state index in [0.29, 0.717) is 5.92 Å². The summed E-state index contributed by atoms with van der Waals surface area (Å²) in [5.41, 5.74) is 4.11. The van der Waals surface area contributed by atoms with Crippen molar-refractivity contribution in [2.75, 3.05) is 0 Å². The third-order valence-corrected chi connectivity index (χ3v) is 4.12. The third kappa shape index (κ3) is 2.27. The Kier molecular flexibility index (Phi) is 3.07. The van der Waals surface area contributed by atoms with Gasteiger partial charge in [-0.2, -0.15) is 0 Å². The van der Waals surface area contributed by atoms with Crippen molar-refractivity contribution >= 4 is 22.2 Å². The summed E-state index contributed by atoms with van der Waals surface area (Å²) < 4.78 is 0. The third-order valence-electron chi connectivity index (χ3n) is 3.11. The van der Waals surface area contributed by atoms with Crippen LogP contribution in [0.2, 0.25) is 0 Å². The molecule has 0 saturated carbocycles. The smallest absolute Gasteiger partial charge is 0.0794 e. The summed E-state index contributed by atoms with van der Waals surface area (Å²) in [6.45, 7) is 2.23. The van der Waals surface area contributed by atoms with Crippen LogP contribution >= 0.6 is 11.3 Å². The first-order chi connectivity index (χ1) is 8.83. The predicted octanol–water partition coefficient (Wildman–Crippen LogP) is 4.04. The molecule has 0 saturated heterocycles. The Bertz CT molecular complexity index is 646. The Labute approximate surface area is 110 Å². The molecular weight excluding hydrogens is 240 g/mol. The second-order valence-corrected chi connectivity index (χ2v) is 5.42. The van der Waals surface area contributed by atoms with Gasteiger partial charge in [0.15, 0.2) is 0 Å². The van der Waals surface area contributed by atoms with Gasteiger partial charge >= 0.3 is 0 Å². The van der Waals surface area contributed by atoms with Gasteiger partial charge in [0, 0.05) is 22.2 Å². The molecule has 1 aromatic carbocycles. The molecule has 0 aliphatic heterocycles. The van der Waals surface area contributed by atoms with Crippen molar-refractivity contribution in [2.24, 2.45) is 0 Å². The van der Waals surface area contributed by atoms with E-state index < -0.39 is 0 Å². The van der Waals surface area contributed by atoms with E-state index in [1.54, 1.807) is 11.3 Å². The fraction of sp³-hybridized carbons (Fsp3) is 0.200. The van der Waals surface area contributed by atoms with Crippen LogP contribution in [0.5, 0.6) is 0 Å². The van der Waals surface area contributed by atoms with Crippen molar-refractivity contribution in [3.63, 3.8) is 0 Å². The van der Waals surface area contributed by atoms with Crippen molar-refractivity contribution in [1.82, 2.24) is 9.97 Å². The SMILES string of the molecule is CC(Cc1ccc2ccccc2n1)c1cncs1. The van der Waals surface area contributed by atoms with Crippen LogP contribution in [0, 0.1) is 0 Å². The zero-order valence-electron chi connectivity index (χ0n) is 10.2. The standard InChI is InChI=1S/C15H14N2S/c1-11(15-9-16-10-18-15)8-13-7-6-12-4-2-3-5-14(12)17-13/h2-7,9-11H,8H2,1H3. The quantitative estimate of drug-likeness (QED) is 0.705. The van der Waals surface area contributed by atoms with Crippen LogP contribution in [0.3, 0.4) is 0 Å². The lowest BCUT2D eigenvalue weighted by atomic mass is 10.0. The number of hydrogen-bond donors (Lipinski definition) is 0. The normalized spacial score (nSPS) is 12.7. The Balaban J connectivity index is 1.86. The monoisotopic (exact) mass is 254 g/mol. The second-order valence-electron chi connectivity index (χ2n) is 4.50. The van der Waals surface area contributed by atoms with Crippen molar-refractivity contribution < 1.29 is 0 Å². The highest BCUT2D eigenvalue weighted by Crippen LogP contribution is 2.23. The molecule has 0 radical (unpaired) electrons. The molecule has 90 valence electrons. The fourth-order valence-corrected chi connectivity index (χ4v) is 2.79. The van der Waals surface area contributed by atoms with Crippen LogP contribution < -0.4 is 0 Å². The molecule has 0 spiro atoms. The van der Waals surface area contributed by atoms with Crippen molar-refractivity contribution in [3.05, 3.63) is 58.7 Å². The Morgan fingerprint density at radius 2 is 2.06 bits per heavy atom. The predicted molar refractivity (Wildman–Crippen MR) is 76.0 cm³/mol. The fourth-order valence-electron chi connectivity index (χ4n) is 2.11. The minimum Gasteiger partial charge on any atom is -0.253 e. The number of thiazole rings is 1. The van der Waals surface area contributed by atoms with E-state index in [2.05, 4.69) is 36.2 Å². The topological polar surface area (TPSA) is 25.8 Å². The van der Waals surface area contributed by atoms with E-state index in [1.807, 2.05) is 23.8 Å². The van der Waals surface area contributed by atoms with Gasteiger partial charge in [-0.15, -0.1) is 11.3 Å². The number of nitrogens with zero attached hydrogens (tertiary/aromatic N) is 2. The van der Waals surface area contributed by atoms with E-state index >= 15 is 0 Å². The van der Waals surface area contributed by atoms with E-state index in [0.717, 1.165) is 17.6 Å². The maximum atomic E-state index is 4.71.